The Morgan fingerprint density at radius 3 is 1.77 bits per heavy atom. The summed E-state index contributed by atoms with van der Waals surface area (Å²) in [5.41, 5.74) is 5.57. The van der Waals surface area contributed by atoms with Crippen molar-refractivity contribution in [2.45, 2.75) is 20.8 Å². The van der Waals surface area contributed by atoms with Crippen LogP contribution in [0.5, 0.6) is 0 Å². The van der Waals surface area contributed by atoms with Crippen LogP contribution in [0.2, 0.25) is 0 Å². The van der Waals surface area contributed by atoms with Crippen molar-refractivity contribution in [2.75, 3.05) is 0 Å². The fraction of sp³-hybridized carbons (Fsp3) is 0.250. The van der Waals surface area contributed by atoms with Gasteiger partial charge in [0.2, 0.25) is 0 Å². The molecule has 1 heteroatoms. The summed E-state index contributed by atoms with van der Waals surface area (Å²) in [5.74, 6) is 0. The van der Waals surface area contributed by atoms with Gasteiger partial charge in [-0.05, 0) is 48.6 Å². The van der Waals surface area contributed by atoms with E-state index < -0.39 is 0 Å². The minimum absolute atomic E-state index is 1.05. The van der Waals surface area contributed by atoms with Crippen molar-refractivity contribution in [3.63, 3.8) is 0 Å². The number of aromatic nitrogens is 1. The summed E-state index contributed by atoms with van der Waals surface area (Å²) in [6.45, 7) is 13.9. The third-order valence-corrected chi connectivity index (χ3v) is 2.13. The summed E-state index contributed by atoms with van der Waals surface area (Å²) in [5, 5.41) is 0. The Morgan fingerprint density at radius 2 is 1.46 bits per heavy atom. The molecule has 13 heavy (non-hydrogen) atoms. The summed E-state index contributed by atoms with van der Waals surface area (Å²) in [6, 6.07) is 0. The van der Waals surface area contributed by atoms with Gasteiger partial charge in [-0.3, -0.25) is 4.98 Å². The maximum absolute atomic E-state index is 4.17. The molecule has 1 aromatic heterocycles. The molecule has 0 saturated carbocycles. The SMILES string of the molecule is C=C(C)c1cncc(C(=C)C)c1C. The Hall–Kier alpha value is -1.37. The molecule has 0 radical (unpaired) electrons. The first-order valence-corrected chi connectivity index (χ1v) is 4.30. The van der Waals surface area contributed by atoms with Crippen LogP contribution in [-0.2, 0) is 0 Å². The predicted molar refractivity (Wildman–Crippen MR) is 58.4 cm³/mol. The molecule has 1 aromatic rings. The summed E-state index contributed by atoms with van der Waals surface area (Å²) >= 11 is 0. The average Bonchev–Trinajstić information content (AvgIpc) is 2.03. The molecular formula is C12H15N. The second-order valence-corrected chi connectivity index (χ2v) is 3.42. The number of pyridine rings is 1. The van der Waals surface area contributed by atoms with E-state index in [0.29, 0.717) is 0 Å². The molecule has 1 nitrogen and oxygen atoms in total. The largest absolute Gasteiger partial charge is 0.263 e. The topological polar surface area (TPSA) is 12.9 Å². The van der Waals surface area contributed by atoms with Crippen LogP contribution in [0.1, 0.15) is 30.5 Å². The summed E-state index contributed by atoms with van der Waals surface area (Å²) in [4.78, 5) is 4.17. The Kier molecular flexibility index (Phi) is 2.66. The van der Waals surface area contributed by atoms with E-state index in [2.05, 4.69) is 25.1 Å². The van der Waals surface area contributed by atoms with Crippen LogP contribution in [0, 0.1) is 6.92 Å². The van der Waals surface area contributed by atoms with Crippen LogP contribution in [0.4, 0.5) is 0 Å². The molecule has 1 heterocycles. The molecule has 0 N–H and O–H groups in total. The van der Waals surface area contributed by atoms with Gasteiger partial charge in [0.25, 0.3) is 0 Å². The Labute approximate surface area is 79.8 Å². The smallest absolute Gasteiger partial charge is 0.0345 e. The van der Waals surface area contributed by atoms with E-state index in [1.165, 1.54) is 5.56 Å². The fourth-order valence-corrected chi connectivity index (χ4v) is 1.39. The van der Waals surface area contributed by atoms with Crippen LogP contribution in [0.15, 0.2) is 25.6 Å². The number of allylic oxidation sites excluding steroid dienone is 2. The highest BCUT2D eigenvalue weighted by Crippen LogP contribution is 2.22. The van der Waals surface area contributed by atoms with Crippen LogP contribution < -0.4 is 0 Å². The molecule has 0 aliphatic heterocycles. The molecule has 0 saturated heterocycles. The van der Waals surface area contributed by atoms with Crippen LogP contribution in [0.3, 0.4) is 0 Å². The summed E-state index contributed by atoms with van der Waals surface area (Å²) in [7, 11) is 0. The molecular weight excluding hydrogens is 158 g/mol. The molecule has 68 valence electrons. The maximum atomic E-state index is 4.17. The summed E-state index contributed by atoms with van der Waals surface area (Å²) < 4.78 is 0. The van der Waals surface area contributed by atoms with Gasteiger partial charge in [-0.1, -0.05) is 13.2 Å². The van der Waals surface area contributed by atoms with Gasteiger partial charge in [-0.15, -0.1) is 0 Å². The monoisotopic (exact) mass is 173 g/mol. The van der Waals surface area contributed by atoms with E-state index in [9.17, 15) is 0 Å². The molecule has 0 aromatic carbocycles. The highest BCUT2D eigenvalue weighted by Gasteiger charge is 2.04. The van der Waals surface area contributed by atoms with Gasteiger partial charge in [0.05, 0.1) is 0 Å². The number of hydrogen-bond donors (Lipinski definition) is 0. The van der Waals surface area contributed by atoms with E-state index in [-0.39, 0.29) is 0 Å². The molecule has 0 aliphatic rings. The minimum atomic E-state index is 1.05. The van der Waals surface area contributed by atoms with Crippen molar-refractivity contribution in [1.82, 2.24) is 4.98 Å². The third kappa shape index (κ3) is 1.86. The molecule has 0 amide bonds. The molecule has 0 bridgehead atoms. The lowest BCUT2D eigenvalue weighted by Crippen LogP contribution is -1.93. The molecule has 0 unspecified atom stereocenters. The van der Waals surface area contributed by atoms with E-state index in [4.69, 9.17) is 0 Å². The Morgan fingerprint density at radius 1 is 1.08 bits per heavy atom. The van der Waals surface area contributed by atoms with E-state index >= 15 is 0 Å². The van der Waals surface area contributed by atoms with Gasteiger partial charge >= 0.3 is 0 Å². The van der Waals surface area contributed by atoms with E-state index in [0.717, 1.165) is 22.3 Å². The van der Waals surface area contributed by atoms with Crippen LogP contribution >= 0.6 is 0 Å². The lowest BCUT2D eigenvalue weighted by atomic mass is 9.98. The third-order valence-electron chi connectivity index (χ3n) is 2.13. The second-order valence-electron chi connectivity index (χ2n) is 3.42. The number of hydrogen-bond acceptors (Lipinski definition) is 1. The Balaban J connectivity index is 3.35. The van der Waals surface area contributed by atoms with Crippen molar-refractivity contribution in [3.8, 4) is 0 Å². The zero-order valence-electron chi connectivity index (χ0n) is 8.52. The highest BCUT2D eigenvalue weighted by atomic mass is 14.6. The first-order chi connectivity index (χ1) is 6.04. The van der Waals surface area contributed by atoms with Crippen LogP contribution in [-0.4, -0.2) is 4.98 Å². The van der Waals surface area contributed by atoms with Crippen LogP contribution in [0.25, 0.3) is 11.1 Å². The van der Waals surface area contributed by atoms with Crippen molar-refractivity contribution >= 4 is 11.1 Å². The zero-order chi connectivity index (χ0) is 10.0. The van der Waals surface area contributed by atoms with Gasteiger partial charge in [0, 0.05) is 12.4 Å². The van der Waals surface area contributed by atoms with Gasteiger partial charge < -0.3 is 0 Å². The van der Waals surface area contributed by atoms with Crippen molar-refractivity contribution < 1.29 is 0 Å². The lowest BCUT2D eigenvalue weighted by Gasteiger charge is -2.09. The zero-order valence-corrected chi connectivity index (χ0v) is 8.52. The molecule has 0 aliphatic carbocycles. The first kappa shape index (κ1) is 9.72. The number of nitrogens with zero attached hydrogens (tertiary/aromatic N) is 1. The lowest BCUT2D eigenvalue weighted by molar-refractivity contribution is 1.23. The first-order valence-electron chi connectivity index (χ1n) is 4.30. The van der Waals surface area contributed by atoms with Crippen molar-refractivity contribution in [1.29, 1.82) is 0 Å². The van der Waals surface area contributed by atoms with Gasteiger partial charge in [-0.2, -0.15) is 0 Å². The molecule has 0 fully saturated rings. The van der Waals surface area contributed by atoms with E-state index in [1.54, 1.807) is 0 Å². The number of rotatable bonds is 2. The summed E-state index contributed by atoms with van der Waals surface area (Å²) in [6.07, 6.45) is 3.70. The highest BCUT2D eigenvalue weighted by molar-refractivity contribution is 5.72. The standard InChI is InChI=1S/C12H15N/c1-8(2)11-6-13-7-12(9(3)4)10(11)5/h6-7H,1,3H2,2,4-5H3. The van der Waals surface area contributed by atoms with Gasteiger partial charge in [0.1, 0.15) is 0 Å². The maximum Gasteiger partial charge on any atom is 0.0345 e. The molecule has 0 spiro atoms. The quantitative estimate of drug-likeness (QED) is 0.667. The molecule has 0 atom stereocenters. The van der Waals surface area contributed by atoms with E-state index in [1.807, 2.05) is 26.2 Å². The second kappa shape index (κ2) is 3.56. The molecule has 1 rings (SSSR count). The normalized spacial score (nSPS) is 9.77. The van der Waals surface area contributed by atoms with Gasteiger partial charge in [0.15, 0.2) is 0 Å². The fourth-order valence-electron chi connectivity index (χ4n) is 1.39. The van der Waals surface area contributed by atoms with Gasteiger partial charge in [-0.25, -0.2) is 0 Å². The predicted octanol–water partition coefficient (Wildman–Crippen LogP) is 3.46. The van der Waals surface area contributed by atoms with Crippen molar-refractivity contribution in [3.05, 3.63) is 42.2 Å². The Bertz CT molecular complexity index is 329. The average molecular weight is 173 g/mol. The minimum Gasteiger partial charge on any atom is -0.263 e. The van der Waals surface area contributed by atoms with Crippen molar-refractivity contribution in [2.24, 2.45) is 0 Å².